The summed E-state index contributed by atoms with van der Waals surface area (Å²) >= 11 is -37.3. The van der Waals surface area contributed by atoms with Gasteiger partial charge in [-0.3, -0.25) is 0 Å². The van der Waals surface area contributed by atoms with E-state index in [1.165, 1.54) is 0 Å². The fourth-order valence-electron chi connectivity index (χ4n) is 0.316. The van der Waals surface area contributed by atoms with E-state index < -0.39 is 100 Å². The molecule has 0 aromatic carbocycles. The summed E-state index contributed by atoms with van der Waals surface area (Å²) in [6.45, 7) is 0. The van der Waals surface area contributed by atoms with E-state index in [1.54, 1.807) is 0 Å². The van der Waals surface area contributed by atoms with Crippen LogP contribution in [0.3, 0.4) is 0 Å². The van der Waals surface area contributed by atoms with E-state index in [9.17, 15) is 52.1 Å². The standard InChI is InChI=1S/Cr.6Mo.3H3N.3H2O.18O/h;;;;;;;3*1H3;3*1H2;;;;;;;;;;;;;;;;;;/q;;;;3*+1;;;;;;;;;;;;;;;;;;;;;;3*-1. The Hall–Kier alpha value is 1.78. The average Bonchev–Trinajstić information content (AvgIpc) is 1.96. The van der Waals surface area contributed by atoms with Crippen LogP contribution in [0.15, 0.2) is 0 Å². The Balaban J connectivity index is -0.0000000524. The number of hydrogen-bond donors (Lipinski definition) is 6. The van der Waals surface area contributed by atoms with Gasteiger partial charge in [0, 0.05) is 17.4 Å². The minimum absolute atomic E-state index is 0. The van der Waals surface area contributed by atoms with E-state index >= 15 is 0 Å². The normalized spacial score (nSPS) is 11.8. The molecule has 0 radical (unpaired) electrons. The van der Waals surface area contributed by atoms with Crippen molar-refractivity contribution in [3.63, 3.8) is 0 Å². The monoisotopic (exact) mass is 1030 g/mol. The van der Waals surface area contributed by atoms with Crippen molar-refractivity contribution in [1.82, 2.24) is 18.5 Å². The van der Waals surface area contributed by atoms with Gasteiger partial charge >= 0.3 is 170 Å². The summed E-state index contributed by atoms with van der Waals surface area (Å²) in [5, 5.41) is 0. The molecule has 0 aromatic rings. The molecule has 0 unspecified atom stereocenters. The molecule has 31 heteroatoms. The van der Waals surface area contributed by atoms with Crippen molar-refractivity contribution in [3.05, 3.63) is 0 Å². The summed E-state index contributed by atoms with van der Waals surface area (Å²) in [5.74, 6) is 0. The molecule has 0 spiro atoms. The van der Waals surface area contributed by atoms with Crippen LogP contribution in [0.4, 0.5) is 0 Å². The third-order valence-corrected chi connectivity index (χ3v) is 17.8. The molecular formula is H15CrMo6N3O21. The molecule has 198 valence electrons. The van der Waals surface area contributed by atoms with E-state index in [2.05, 4.69) is 6.13 Å². The summed E-state index contributed by atoms with van der Waals surface area (Å²) in [4.78, 5) is 0. The zero-order valence-corrected chi connectivity index (χ0v) is 27.9. The molecule has 0 bridgehead atoms. The van der Waals surface area contributed by atoms with E-state index in [1.807, 2.05) is 0 Å². The molecule has 0 aromatic heterocycles. The van der Waals surface area contributed by atoms with Crippen LogP contribution in [-0.2, 0) is 165 Å². The van der Waals surface area contributed by atoms with Crippen molar-refractivity contribution in [2.75, 3.05) is 0 Å². The first kappa shape index (κ1) is 49.8. The van der Waals surface area contributed by atoms with E-state index in [0.717, 1.165) is 0 Å². The van der Waals surface area contributed by atoms with Gasteiger partial charge in [0.05, 0.1) is 0 Å². The van der Waals surface area contributed by atoms with Crippen molar-refractivity contribution in [2.45, 2.75) is 0 Å². The maximum atomic E-state index is 9.53. The molecule has 24 nitrogen and oxygen atoms in total. The van der Waals surface area contributed by atoms with Gasteiger partial charge in [-0.05, 0) is 0 Å². The van der Waals surface area contributed by atoms with E-state index in [4.69, 9.17) is 11.3 Å². The average molecular weight is 1020 g/mol. The van der Waals surface area contributed by atoms with Crippen LogP contribution in [0.2, 0.25) is 0 Å². The van der Waals surface area contributed by atoms with Crippen LogP contribution < -0.4 is 29.7 Å². The second kappa shape index (κ2) is 18.1. The number of hydrogen-bond acceptors (Lipinski definition) is 18. The van der Waals surface area contributed by atoms with E-state index in [-0.39, 0.29) is 35.8 Å². The molecule has 0 saturated heterocycles. The fourth-order valence-corrected chi connectivity index (χ4v) is 11.1. The van der Waals surface area contributed by atoms with Crippen LogP contribution in [0, 0.1) is 0 Å². The predicted octanol–water partition coefficient (Wildman–Crippen LogP) is -5.76. The molecule has 0 amide bonds. The summed E-state index contributed by atoms with van der Waals surface area (Å²) in [5.41, 5.74) is 0. The van der Waals surface area contributed by atoms with Gasteiger partial charge in [0.2, 0.25) is 0 Å². The summed E-state index contributed by atoms with van der Waals surface area (Å²) in [6, 6.07) is 0. The van der Waals surface area contributed by atoms with Gasteiger partial charge in [-0.2, -0.15) is 0 Å². The molecule has 0 atom stereocenters. The molecule has 0 aliphatic heterocycles. The third kappa shape index (κ3) is 72.0. The van der Waals surface area contributed by atoms with Crippen LogP contribution in [0.1, 0.15) is 0 Å². The Bertz CT molecular complexity index is 864. The van der Waals surface area contributed by atoms with Crippen molar-refractivity contribution in [2.24, 2.45) is 0 Å². The molecule has 0 aliphatic rings. The molecule has 0 rings (SSSR count). The first-order chi connectivity index (χ1) is 11.1. The molecule has 0 aliphatic carbocycles. The zero-order chi connectivity index (χ0) is 23.1. The predicted molar refractivity (Wildman–Crippen MR) is 36.1 cm³/mol. The van der Waals surface area contributed by atoms with Crippen molar-refractivity contribution in [3.8, 4) is 0 Å². The quantitative estimate of drug-likeness (QED) is 0.135. The third-order valence-electron chi connectivity index (χ3n) is 0.508. The summed E-state index contributed by atoms with van der Waals surface area (Å²) < 4.78 is 174. The van der Waals surface area contributed by atoms with Gasteiger partial charge in [-0.25, -0.2) is 0 Å². The summed E-state index contributed by atoms with van der Waals surface area (Å²) in [7, 11) is 0. The van der Waals surface area contributed by atoms with Crippen LogP contribution in [0.5, 0.6) is 0 Å². The van der Waals surface area contributed by atoms with Crippen LogP contribution in [0.25, 0.3) is 0 Å². The molecule has 0 saturated carbocycles. The molecule has 0 heterocycles. The second-order valence-electron chi connectivity index (χ2n) is 2.71. The molecule has 0 fully saturated rings. The first-order valence-corrected chi connectivity index (χ1v) is 23.9. The molecule has 15 N–H and O–H groups in total. The first-order valence-electron chi connectivity index (χ1n) is 4.05. The van der Waals surface area contributed by atoms with Crippen LogP contribution in [-0.4, -0.2) is 11.3 Å². The van der Waals surface area contributed by atoms with Gasteiger partial charge in [0.1, 0.15) is 0 Å². The second-order valence-corrected chi connectivity index (χ2v) is 22.0. The zero-order valence-electron chi connectivity index (χ0n) is 14.5. The van der Waals surface area contributed by atoms with Crippen molar-refractivity contribution in [1.29, 1.82) is 0 Å². The Morgan fingerprint density at radius 3 is 0.516 bits per heavy atom. The Morgan fingerprint density at radius 2 is 0.516 bits per heavy atom. The number of quaternary nitrogens is 3. The molecule has 31 heavy (non-hydrogen) atoms. The maximum absolute atomic E-state index is 9.53. The van der Waals surface area contributed by atoms with Gasteiger partial charge in [0.25, 0.3) is 0 Å². The Morgan fingerprint density at radius 1 is 0.419 bits per heavy atom. The van der Waals surface area contributed by atoms with Gasteiger partial charge in [-0.15, -0.1) is 0 Å². The van der Waals surface area contributed by atoms with Gasteiger partial charge < -0.3 is 18.5 Å². The molecular weight excluding hydrogens is 1010 g/mol. The van der Waals surface area contributed by atoms with Crippen LogP contribution >= 0.6 is 0 Å². The Labute approximate surface area is 203 Å². The SMILES string of the molecule is [Cr].[NH4+].[NH4+].[NH4+].[O]=[Mo](=[O])([O-])[O][Mo](=[O])(=[O])[OH].[O]=[Mo](=[O])([O-])[O][Mo](=[O])(=[O])[OH].[O]=[Mo](=[O])([O-])[O][Mo](=[O])(=[O])[OH]. The van der Waals surface area contributed by atoms with Crippen molar-refractivity contribution >= 4 is 0 Å². The van der Waals surface area contributed by atoms with E-state index in [0.29, 0.717) is 0 Å². The fraction of sp³-hybridized carbons (Fsp3) is 0. The van der Waals surface area contributed by atoms with Gasteiger partial charge in [-0.1, -0.05) is 0 Å². The minimum atomic E-state index is -6.30. The number of rotatable bonds is 6. The Kier molecular flexibility index (Phi) is 29.1. The summed E-state index contributed by atoms with van der Waals surface area (Å²) in [6.07, 6.45) is 0. The van der Waals surface area contributed by atoms with Crippen molar-refractivity contribution < 1.29 is 187 Å². The topological polar surface area (TPSA) is 472 Å². The van der Waals surface area contributed by atoms with Gasteiger partial charge in [0.15, 0.2) is 0 Å².